The summed E-state index contributed by atoms with van der Waals surface area (Å²) in [5, 5.41) is 0. The molecule has 0 aromatic heterocycles. The van der Waals surface area contributed by atoms with Gasteiger partial charge in [-0.3, -0.25) is 9.59 Å². The van der Waals surface area contributed by atoms with Crippen molar-refractivity contribution in [3.63, 3.8) is 0 Å². The number of rotatable bonds is 6. The van der Waals surface area contributed by atoms with E-state index in [0.29, 0.717) is 24.7 Å². The van der Waals surface area contributed by atoms with Crippen LogP contribution in [0.1, 0.15) is 81.5 Å². The number of ether oxygens (including phenoxy) is 1. The lowest BCUT2D eigenvalue weighted by Gasteiger charge is -2.37. The van der Waals surface area contributed by atoms with E-state index < -0.39 is 5.92 Å². The van der Waals surface area contributed by atoms with Gasteiger partial charge >= 0.3 is 0 Å². The summed E-state index contributed by atoms with van der Waals surface area (Å²) in [6.07, 6.45) is 5.94. The van der Waals surface area contributed by atoms with E-state index in [1.807, 2.05) is 0 Å². The quantitative estimate of drug-likeness (QED) is 0.643. The lowest BCUT2D eigenvalue weighted by molar-refractivity contribution is -0.135. The van der Waals surface area contributed by atoms with E-state index in [9.17, 15) is 9.59 Å². The Hall–Kier alpha value is -1.48. The molecule has 1 atom stereocenters. The van der Waals surface area contributed by atoms with Gasteiger partial charge in [0, 0.05) is 26.1 Å². The molecule has 28 heavy (non-hydrogen) atoms. The molecule has 1 saturated heterocycles. The maximum absolute atomic E-state index is 13.2. The summed E-state index contributed by atoms with van der Waals surface area (Å²) in [5.74, 6) is 0.953. The highest BCUT2D eigenvalue weighted by molar-refractivity contribution is 6.10. The van der Waals surface area contributed by atoms with Crippen LogP contribution in [-0.2, 0) is 33.6 Å². The molecule has 2 fully saturated rings. The van der Waals surface area contributed by atoms with Crippen molar-refractivity contribution in [3.05, 3.63) is 34.4 Å². The van der Waals surface area contributed by atoms with Gasteiger partial charge in [0.2, 0.25) is 0 Å². The molecule has 1 heterocycles. The van der Waals surface area contributed by atoms with Crippen LogP contribution in [0.3, 0.4) is 0 Å². The van der Waals surface area contributed by atoms with Crippen LogP contribution in [-0.4, -0.2) is 24.8 Å². The number of hydrogen-bond donors (Lipinski definition) is 0. The highest BCUT2D eigenvalue weighted by Gasteiger charge is 2.41. The van der Waals surface area contributed by atoms with Crippen LogP contribution in [0.5, 0.6) is 0 Å². The molecule has 1 aliphatic heterocycles. The molecular formula is C25H36O3. The predicted octanol–water partition coefficient (Wildman–Crippen LogP) is 5.07. The van der Waals surface area contributed by atoms with Gasteiger partial charge < -0.3 is 4.74 Å². The number of carbonyl (C=O) groups excluding carboxylic acids is 2. The molecule has 1 aromatic carbocycles. The second-order valence-corrected chi connectivity index (χ2v) is 8.73. The molecule has 3 heteroatoms. The van der Waals surface area contributed by atoms with Crippen molar-refractivity contribution in [2.24, 2.45) is 17.8 Å². The zero-order valence-electron chi connectivity index (χ0n) is 18.1. The normalized spacial score (nSPS) is 25.1. The van der Waals surface area contributed by atoms with Gasteiger partial charge in [0.1, 0.15) is 17.5 Å². The Bertz CT molecular complexity index is 671. The second-order valence-electron chi connectivity index (χ2n) is 8.73. The largest absolute Gasteiger partial charge is 0.381 e. The van der Waals surface area contributed by atoms with Gasteiger partial charge in [-0.2, -0.15) is 0 Å². The molecule has 1 aromatic rings. The highest BCUT2D eigenvalue weighted by atomic mass is 16.5. The lowest BCUT2D eigenvalue weighted by atomic mass is 9.67. The number of Topliss-reactive ketones (excluding diaryl/α,β-unsaturated/α-hetero) is 2. The minimum absolute atomic E-state index is 0.147. The Kier molecular flexibility index (Phi) is 7.09. The minimum Gasteiger partial charge on any atom is -0.381 e. The van der Waals surface area contributed by atoms with Gasteiger partial charge in [-0.15, -0.1) is 0 Å². The summed E-state index contributed by atoms with van der Waals surface area (Å²) in [4.78, 5) is 26.5. The number of carbonyl (C=O) groups is 2. The average Bonchev–Trinajstić information content (AvgIpc) is 2.73. The van der Waals surface area contributed by atoms with Gasteiger partial charge in [0.05, 0.1) is 0 Å². The summed E-state index contributed by atoms with van der Waals surface area (Å²) in [6, 6.07) is 4.43. The van der Waals surface area contributed by atoms with Crippen molar-refractivity contribution in [2.75, 3.05) is 13.2 Å². The number of aryl methyl sites for hydroxylation is 3. The van der Waals surface area contributed by atoms with Crippen LogP contribution < -0.4 is 0 Å². The average molecular weight is 385 g/mol. The van der Waals surface area contributed by atoms with E-state index in [4.69, 9.17) is 4.74 Å². The summed E-state index contributed by atoms with van der Waals surface area (Å²) >= 11 is 0. The van der Waals surface area contributed by atoms with E-state index in [2.05, 4.69) is 39.8 Å². The zero-order chi connectivity index (χ0) is 20.3. The molecule has 0 N–H and O–H groups in total. The first-order chi connectivity index (χ1) is 13.5. The van der Waals surface area contributed by atoms with Crippen molar-refractivity contribution < 1.29 is 14.3 Å². The highest BCUT2D eigenvalue weighted by Crippen LogP contribution is 2.41. The van der Waals surface area contributed by atoms with Crippen molar-refractivity contribution in [1.29, 1.82) is 0 Å². The van der Waals surface area contributed by atoms with Gasteiger partial charge in [0.25, 0.3) is 0 Å². The Labute approximate surface area is 170 Å². The number of ketones is 2. The first-order valence-corrected chi connectivity index (χ1v) is 11.3. The maximum Gasteiger partial charge on any atom is 0.148 e. The van der Waals surface area contributed by atoms with E-state index in [1.54, 1.807) is 0 Å². The fourth-order valence-corrected chi connectivity index (χ4v) is 5.34. The van der Waals surface area contributed by atoms with Crippen LogP contribution in [0.2, 0.25) is 0 Å². The maximum atomic E-state index is 13.2. The van der Waals surface area contributed by atoms with Gasteiger partial charge in [-0.1, -0.05) is 39.8 Å². The molecule has 1 aliphatic carbocycles. The van der Waals surface area contributed by atoms with Crippen molar-refractivity contribution in [3.8, 4) is 0 Å². The van der Waals surface area contributed by atoms with Crippen LogP contribution in [0.4, 0.5) is 0 Å². The van der Waals surface area contributed by atoms with Crippen LogP contribution in [0.25, 0.3) is 0 Å². The zero-order valence-corrected chi connectivity index (χ0v) is 18.1. The van der Waals surface area contributed by atoms with Crippen molar-refractivity contribution >= 4 is 11.6 Å². The molecule has 1 saturated carbocycles. The van der Waals surface area contributed by atoms with Crippen LogP contribution in [0.15, 0.2) is 12.1 Å². The Morgan fingerprint density at radius 2 is 1.43 bits per heavy atom. The summed E-state index contributed by atoms with van der Waals surface area (Å²) in [6.45, 7) is 10.3. The predicted molar refractivity (Wildman–Crippen MR) is 113 cm³/mol. The van der Waals surface area contributed by atoms with E-state index >= 15 is 0 Å². The Morgan fingerprint density at radius 3 is 1.89 bits per heavy atom. The lowest BCUT2D eigenvalue weighted by Crippen LogP contribution is -2.38. The van der Waals surface area contributed by atoms with Crippen molar-refractivity contribution in [1.82, 2.24) is 0 Å². The fraction of sp³-hybridized carbons (Fsp3) is 0.680. The minimum atomic E-state index is -0.533. The van der Waals surface area contributed by atoms with Gasteiger partial charge in [0.15, 0.2) is 0 Å². The standard InChI is InChI=1S/C25H36O3/c1-5-17-12-18(6-2)24(19(7-3)13-17)25-22(26)14-21(15-23(25)27)16(4)20-8-10-28-11-9-20/h12-13,16,20-21,25H,5-11,14-15H2,1-4H3. The van der Waals surface area contributed by atoms with E-state index in [1.165, 1.54) is 16.7 Å². The van der Waals surface area contributed by atoms with E-state index in [-0.39, 0.29) is 17.5 Å². The molecule has 0 amide bonds. The summed E-state index contributed by atoms with van der Waals surface area (Å²) < 4.78 is 5.49. The number of benzene rings is 1. The van der Waals surface area contributed by atoms with Crippen molar-refractivity contribution in [2.45, 2.75) is 78.6 Å². The first-order valence-electron chi connectivity index (χ1n) is 11.3. The van der Waals surface area contributed by atoms with Gasteiger partial charge in [-0.05, 0) is 72.1 Å². The third-order valence-electron chi connectivity index (χ3n) is 7.19. The molecule has 154 valence electrons. The second kappa shape index (κ2) is 9.35. The molecule has 0 radical (unpaired) electrons. The number of hydrogen-bond acceptors (Lipinski definition) is 3. The molecule has 3 nitrogen and oxygen atoms in total. The molecule has 1 unspecified atom stereocenters. The smallest absolute Gasteiger partial charge is 0.148 e. The third kappa shape index (κ3) is 4.25. The molecule has 2 aliphatic rings. The molecule has 0 bridgehead atoms. The monoisotopic (exact) mass is 384 g/mol. The van der Waals surface area contributed by atoms with Crippen LogP contribution >= 0.6 is 0 Å². The van der Waals surface area contributed by atoms with E-state index in [0.717, 1.165) is 50.9 Å². The third-order valence-corrected chi connectivity index (χ3v) is 7.19. The van der Waals surface area contributed by atoms with Crippen LogP contribution in [0, 0.1) is 17.8 Å². The Balaban J connectivity index is 1.85. The summed E-state index contributed by atoms with van der Waals surface area (Å²) in [5.41, 5.74) is 4.73. The molecular weight excluding hydrogens is 348 g/mol. The molecule has 3 rings (SSSR count). The topological polar surface area (TPSA) is 43.4 Å². The Morgan fingerprint density at radius 1 is 0.893 bits per heavy atom. The molecule has 0 spiro atoms. The first kappa shape index (κ1) is 21.2. The fourth-order valence-electron chi connectivity index (χ4n) is 5.34. The SMILES string of the molecule is CCc1cc(CC)c(C2C(=O)CC(C(C)C3CCOCC3)CC2=O)c(CC)c1. The summed E-state index contributed by atoms with van der Waals surface area (Å²) in [7, 11) is 0. The van der Waals surface area contributed by atoms with Gasteiger partial charge in [-0.25, -0.2) is 0 Å².